The molecule has 1 atom stereocenters. The van der Waals surface area contributed by atoms with E-state index < -0.39 is 0 Å². The lowest BCUT2D eigenvalue weighted by molar-refractivity contribution is -0.204. The van der Waals surface area contributed by atoms with Crippen LogP contribution in [-0.2, 0) is 9.47 Å². The Kier molecular flexibility index (Phi) is 3.97. The first-order valence-corrected chi connectivity index (χ1v) is 11.4. The molecule has 146 valence electrons. The summed E-state index contributed by atoms with van der Waals surface area (Å²) >= 11 is 0. The minimum Gasteiger partial charge on any atom is -0.348 e. The molecular formula is C24H33NO2. The zero-order valence-electron chi connectivity index (χ0n) is 16.5. The van der Waals surface area contributed by atoms with Crippen molar-refractivity contribution in [2.75, 3.05) is 19.8 Å². The van der Waals surface area contributed by atoms with E-state index in [1.165, 1.54) is 57.9 Å². The van der Waals surface area contributed by atoms with Gasteiger partial charge in [0.1, 0.15) is 0 Å². The molecule has 5 aliphatic rings. The van der Waals surface area contributed by atoms with E-state index in [-0.39, 0.29) is 5.79 Å². The van der Waals surface area contributed by atoms with Crippen molar-refractivity contribution in [1.29, 1.82) is 0 Å². The Balaban J connectivity index is 1.14. The second-order valence-electron chi connectivity index (χ2n) is 9.97. The summed E-state index contributed by atoms with van der Waals surface area (Å²) in [7, 11) is 0. The molecule has 27 heavy (non-hydrogen) atoms. The van der Waals surface area contributed by atoms with E-state index in [9.17, 15) is 0 Å². The summed E-state index contributed by atoms with van der Waals surface area (Å²) in [6.07, 6.45) is 13.2. The Morgan fingerprint density at radius 3 is 2.26 bits per heavy atom. The van der Waals surface area contributed by atoms with Gasteiger partial charge in [0.15, 0.2) is 5.79 Å². The average Bonchev–Trinajstić information content (AvgIpc) is 3.24. The normalized spacial score (nSPS) is 33.0. The highest BCUT2D eigenvalue weighted by Gasteiger charge is 2.54. The molecule has 3 aliphatic carbocycles. The van der Waals surface area contributed by atoms with E-state index in [4.69, 9.17) is 9.47 Å². The second-order valence-corrected chi connectivity index (χ2v) is 9.97. The Bertz CT molecular complexity index is 688. The van der Waals surface area contributed by atoms with Gasteiger partial charge in [-0.15, -0.1) is 0 Å². The van der Waals surface area contributed by atoms with Crippen LogP contribution in [-0.4, -0.2) is 36.5 Å². The molecule has 0 bridgehead atoms. The number of likely N-dealkylation sites (tertiary alicyclic amines) is 1. The van der Waals surface area contributed by atoms with Gasteiger partial charge < -0.3 is 9.47 Å². The van der Waals surface area contributed by atoms with Crippen molar-refractivity contribution in [2.24, 2.45) is 5.41 Å². The van der Waals surface area contributed by atoms with E-state index in [2.05, 4.69) is 29.2 Å². The number of hydrogen-bond donors (Lipinski definition) is 0. The van der Waals surface area contributed by atoms with Crippen molar-refractivity contribution in [3.63, 3.8) is 0 Å². The largest absolute Gasteiger partial charge is 0.348 e. The standard InChI is InChI=1S/C24H33NO2/c1-2-5-21(20(4-1)18-7-8-18)22-6-3-13-25(22)19-16-23(17-19)9-11-24(12-10-23)26-14-15-27-24/h1-2,4-5,18-19,22H,3,6-17H2/t22-/m0/s1. The van der Waals surface area contributed by atoms with Crippen LogP contribution in [0.5, 0.6) is 0 Å². The molecule has 0 amide bonds. The van der Waals surface area contributed by atoms with E-state index in [1.807, 2.05) is 0 Å². The molecule has 1 aromatic rings. The van der Waals surface area contributed by atoms with Gasteiger partial charge in [0, 0.05) is 24.9 Å². The number of benzene rings is 1. The third-order valence-electron chi connectivity index (χ3n) is 8.36. The highest BCUT2D eigenvalue weighted by atomic mass is 16.7. The minimum atomic E-state index is -0.199. The molecule has 3 saturated carbocycles. The zero-order chi connectivity index (χ0) is 17.9. The van der Waals surface area contributed by atoms with Crippen molar-refractivity contribution < 1.29 is 9.47 Å². The lowest BCUT2D eigenvalue weighted by Gasteiger charge is -2.56. The topological polar surface area (TPSA) is 21.7 Å². The summed E-state index contributed by atoms with van der Waals surface area (Å²) in [5.74, 6) is 0.660. The van der Waals surface area contributed by atoms with Gasteiger partial charge in [0.05, 0.1) is 13.2 Å². The fourth-order valence-corrected chi connectivity index (χ4v) is 6.67. The van der Waals surface area contributed by atoms with Gasteiger partial charge in [-0.25, -0.2) is 0 Å². The quantitative estimate of drug-likeness (QED) is 0.736. The molecule has 5 fully saturated rings. The molecular weight excluding hydrogens is 334 g/mol. The van der Waals surface area contributed by atoms with Gasteiger partial charge in [0.25, 0.3) is 0 Å². The first-order chi connectivity index (χ1) is 13.3. The summed E-state index contributed by atoms with van der Waals surface area (Å²) in [5, 5.41) is 0. The zero-order valence-corrected chi connectivity index (χ0v) is 16.5. The van der Waals surface area contributed by atoms with Gasteiger partial charge in [-0.2, -0.15) is 0 Å². The summed E-state index contributed by atoms with van der Waals surface area (Å²) in [6.45, 7) is 2.90. The van der Waals surface area contributed by atoms with Crippen LogP contribution in [0, 0.1) is 5.41 Å². The van der Waals surface area contributed by atoms with Crippen molar-refractivity contribution in [2.45, 2.75) is 88.0 Å². The van der Waals surface area contributed by atoms with Crippen LogP contribution >= 0.6 is 0 Å². The molecule has 0 aromatic heterocycles. The Morgan fingerprint density at radius 2 is 1.56 bits per heavy atom. The van der Waals surface area contributed by atoms with Crippen LogP contribution in [0.25, 0.3) is 0 Å². The fraction of sp³-hybridized carbons (Fsp3) is 0.750. The maximum absolute atomic E-state index is 5.95. The van der Waals surface area contributed by atoms with E-state index in [1.54, 1.807) is 11.1 Å². The van der Waals surface area contributed by atoms with E-state index in [0.29, 0.717) is 11.5 Å². The van der Waals surface area contributed by atoms with Crippen molar-refractivity contribution in [3.05, 3.63) is 35.4 Å². The highest BCUT2D eigenvalue weighted by molar-refractivity contribution is 5.36. The molecule has 2 spiro atoms. The monoisotopic (exact) mass is 367 g/mol. The maximum Gasteiger partial charge on any atom is 0.168 e. The summed E-state index contributed by atoms with van der Waals surface area (Å²) in [6, 6.07) is 10.9. The molecule has 3 nitrogen and oxygen atoms in total. The summed E-state index contributed by atoms with van der Waals surface area (Å²) in [4.78, 5) is 2.89. The Labute approximate surface area is 163 Å². The van der Waals surface area contributed by atoms with Gasteiger partial charge in [0.2, 0.25) is 0 Å². The van der Waals surface area contributed by atoms with Gasteiger partial charge >= 0.3 is 0 Å². The Morgan fingerprint density at radius 1 is 0.852 bits per heavy atom. The number of ether oxygens (including phenoxy) is 2. The van der Waals surface area contributed by atoms with Crippen LogP contribution < -0.4 is 0 Å². The summed E-state index contributed by atoms with van der Waals surface area (Å²) in [5.41, 5.74) is 3.92. The maximum atomic E-state index is 5.95. The van der Waals surface area contributed by atoms with Gasteiger partial charge in [-0.05, 0) is 80.4 Å². The number of rotatable bonds is 3. The van der Waals surface area contributed by atoms with Gasteiger partial charge in [-0.1, -0.05) is 24.3 Å². The fourth-order valence-electron chi connectivity index (χ4n) is 6.67. The highest BCUT2D eigenvalue weighted by Crippen LogP contribution is 2.58. The van der Waals surface area contributed by atoms with Crippen LogP contribution in [0.4, 0.5) is 0 Å². The predicted octanol–water partition coefficient (Wildman–Crippen LogP) is 5.17. The van der Waals surface area contributed by atoms with Crippen LogP contribution in [0.15, 0.2) is 24.3 Å². The third kappa shape index (κ3) is 2.89. The van der Waals surface area contributed by atoms with Crippen LogP contribution in [0.2, 0.25) is 0 Å². The first kappa shape index (κ1) is 17.0. The molecule has 2 saturated heterocycles. The minimum absolute atomic E-state index is 0.199. The number of nitrogens with zero attached hydrogens (tertiary/aromatic N) is 1. The molecule has 1 aromatic carbocycles. The molecule has 6 rings (SSSR count). The van der Waals surface area contributed by atoms with E-state index >= 15 is 0 Å². The second kappa shape index (κ2) is 6.30. The SMILES string of the molecule is c1ccc([C@@H]2CCCN2C2CC3(CCC4(CC3)OCCO4)C2)c(C2CC2)c1. The lowest BCUT2D eigenvalue weighted by atomic mass is 9.57. The van der Waals surface area contributed by atoms with E-state index in [0.717, 1.165) is 38.0 Å². The predicted molar refractivity (Wildman–Crippen MR) is 106 cm³/mol. The molecule has 0 radical (unpaired) electrons. The Hall–Kier alpha value is -0.900. The molecule has 0 unspecified atom stereocenters. The van der Waals surface area contributed by atoms with Crippen molar-refractivity contribution >= 4 is 0 Å². The van der Waals surface area contributed by atoms with Crippen molar-refractivity contribution in [1.82, 2.24) is 4.90 Å². The first-order valence-electron chi connectivity index (χ1n) is 11.4. The summed E-state index contributed by atoms with van der Waals surface area (Å²) < 4.78 is 11.9. The average molecular weight is 368 g/mol. The molecule has 0 N–H and O–H groups in total. The molecule has 2 heterocycles. The van der Waals surface area contributed by atoms with Crippen molar-refractivity contribution in [3.8, 4) is 0 Å². The lowest BCUT2D eigenvalue weighted by Crippen LogP contribution is -2.54. The van der Waals surface area contributed by atoms with Crippen LogP contribution in [0.1, 0.15) is 87.3 Å². The van der Waals surface area contributed by atoms with Crippen LogP contribution in [0.3, 0.4) is 0 Å². The number of hydrogen-bond acceptors (Lipinski definition) is 3. The molecule has 3 heteroatoms. The van der Waals surface area contributed by atoms with Gasteiger partial charge in [-0.3, -0.25) is 4.90 Å². The molecule has 2 aliphatic heterocycles. The smallest absolute Gasteiger partial charge is 0.168 e. The third-order valence-corrected chi connectivity index (χ3v) is 8.36.